The van der Waals surface area contributed by atoms with E-state index in [9.17, 15) is 19.2 Å². The van der Waals surface area contributed by atoms with Gasteiger partial charge in [0.1, 0.15) is 5.69 Å². The van der Waals surface area contributed by atoms with Gasteiger partial charge >= 0.3 is 12.0 Å². The third-order valence-electron chi connectivity index (χ3n) is 4.32. The van der Waals surface area contributed by atoms with Crippen molar-refractivity contribution in [2.45, 2.75) is 45.6 Å². The summed E-state index contributed by atoms with van der Waals surface area (Å²) in [5.41, 5.74) is 0.413. The van der Waals surface area contributed by atoms with E-state index in [4.69, 9.17) is 4.74 Å². The van der Waals surface area contributed by atoms with E-state index in [0.29, 0.717) is 11.5 Å². The summed E-state index contributed by atoms with van der Waals surface area (Å²) in [6, 6.07) is 0.811. The lowest BCUT2D eigenvalue weighted by Crippen LogP contribution is -2.48. The number of hydrogen-bond donors (Lipinski definition) is 3. The highest BCUT2D eigenvalue weighted by atomic mass is 16.5. The fraction of sp³-hybridized carbons (Fsp3) is 0.529. The molecule has 1 aliphatic rings. The van der Waals surface area contributed by atoms with E-state index in [1.165, 1.54) is 19.2 Å². The van der Waals surface area contributed by atoms with Gasteiger partial charge in [0.15, 0.2) is 12.4 Å². The second-order valence-electron chi connectivity index (χ2n) is 6.32. The van der Waals surface area contributed by atoms with Crippen LogP contribution in [0.4, 0.5) is 4.79 Å². The lowest BCUT2D eigenvalue weighted by molar-refractivity contribution is -0.123. The van der Waals surface area contributed by atoms with Gasteiger partial charge in [-0.2, -0.15) is 0 Å². The minimum Gasteiger partial charge on any atom is -0.451 e. The molecule has 1 aromatic heterocycles. The summed E-state index contributed by atoms with van der Waals surface area (Å²) in [5, 5.41) is 4.93. The number of hydrogen-bond acceptors (Lipinski definition) is 5. The maximum atomic E-state index is 11.8. The summed E-state index contributed by atoms with van der Waals surface area (Å²) in [4.78, 5) is 49.1. The first-order valence-electron chi connectivity index (χ1n) is 8.33. The highest BCUT2D eigenvalue weighted by Crippen LogP contribution is 2.23. The van der Waals surface area contributed by atoms with Gasteiger partial charge in [-0.3, -0.25) is 14.9 Å². The van der Waals surface area contributed by atoms with E-state index >= 15 is 0 Å². The van der Waals surface area contributed by atoms with Crippen molar-refractivity contribution in [3.8, 4) is 0 Å². The lowest BCUT2D eigenvalue weighted by Gasteiger charge is -2.29. The van der Waals surface area contributed by atoms with Gasteiger partial charge in [0.05, 0.1) is 0 Å². The van der Waals surface area contributed by atoms with Crippen LogP contribution < -0.4 is 10.6 Å². The molecule has 1 saturated carbocycles. The quantitative estimate of drug-likeness (QED) is 0.553. The number of aromatic nitrogens is 1. The Hall–Kier alpha value is -2.64. The zero-order valence-electron chi connectivity index (χ0n) is 14.4. The molecule has 0 unspecified atom stereocenters. The number of H-pyrrole nitrogens is 1. The van der Waals surface area contributed by atoms with Crippen molar-refractivity contribution < 1.29 is 23.9 Å². The summed E-state index contributed by atoms with van der Waals surface area (Å²) in [6.07, 6.45) is 5.54. The van der Waals surface area contributed by atoms with Crippen LogP contribution in [0.3, 0.4) is 0 Å². The first-order valence-corrected chi connectivity index (χ1v) is 8.33. The van der Waals surface area contributed by atoms with Gasteiger partial charge in [0, 0.05) is 17.8 Å². The predicted molar refractivity (Wildman–Crippen MR) is 89.2 cm³/mol. The maximum absolute atomic E-state index is 11.8. The topological polar surface area (TPSA) is 117 Å². The Morgan fingerprint density at radius 3 is 2.60 bits per heavy atom. The molecule has 3 amide bonds. The van der Waals surface area contributed by atoms with Crippen molar-refractivity contribution in [3.63, 3.8) is 0 Å². The highest BCUT2D eigenvalue weighted by Gasteiger charge is 2.23. The van der Waals surface area contributed by atoms with Crippen molar-refractivity contribution in [2.75, 3.05) is 6.61 Å². The zero-order valence-corrected chi connectivity index (χ0v) is 14.4. The Balaban J connectivity index is 1.74. The molecule has 25 heavy (non-hydrogen) atoms. The van der Waals surface area contributed by atoms with Crippen molar-refractivity contribution >= 4 is 23.7 Å². The van der Waals surface area contributed by atoms with Crippen molar-refractivity contribution in [2.24, 2.45) is 5.92 Å². The average Bonchev–Trinajstić information content (AvgIpc) is 3.05. The van der Waals surface area contributed by atoms with Crippen LogP contribution in [0.5, 0.6) is 0 Å². The van der Waals surface area contributed by atoms with Crippen molar-refractivity contribution in [1.82, 2.24) is 15.6 Å². The molecule has 1 aliphatic carbocycles. The molecule has 0 radical (unpaired) electrons. The molecule has 0 spiro atoms. The normalized spacial score (nSPS) is 19.8. The van der Waals surface area contributed by atoms with Gasteiger partial charge in [-0.25, -0.2) is 9.59 Å². The molecule has 0 aromatic carbocycles. The molecule has 2 atom stereocenters. The number of carbonyl (C=O) groups excluding carboxylic acids is 4. The Morgan fingerprint density at radius 1 is 1.24 bits per heavy atom. The molecular weight excluding hydrogens is 326 g/mol. The van der Waals surface area contributed by atoms with Gasteiger partial charge < -0.3 is 15.0 Å². The van der Waals surface area contributed by atoms with Crippen LogP contribution in [0, 0.1) is 5.92 Å². The van der Waals surface area contributed by atoms with Gasteiger partial charge in [-0.1, -0.05) is 19.8 Å². The van der Waals surface area contributed by atoms with Gasteiger partial charge in [0.2, 0.25) is 0 Å². The third-order valence-corrected chi connectivity index (χ3v) is 4.32. The first-order chi connectivity index (χ1) is 11.9. The number of esters is 1. The number of Topliss-reactive ketones (excluding diaryl/α,β-unsaturated/α-hetero) is 1. The molecule has 1 heterocycles. The summed E-state index contributed by atoms with van der Waals surface area (Å²) in [6.45, 7) is 2.86. The molecule has 8 heteroatoms. The number of rotatable bonds is 5. The number of amides is 3. The zero-order chi connectivity index (χ0) is 18.4. The second kappa shape index (κ2) is 8.46. The molecule has 1 aromatic rings. The summed E-state index contributed by atoms with van der Waals surface area (Å²) in [7, 11) is 0. The minimum absolute atomic E-state index is 0.0491. The number of aromatic amines is 1. The van der Waals surface area contributed by atoms with Crippen LogP contribution in [0.25, 0.3) is 0 Å². The van der Waals surface area contributed by atoms with E-state index in [-0.39, 0.29) is 17.5 Å². The molecule has 0 saturated heterocycles. The number of carbonyl (C=O) groups is 4. The Morgan fingerprint density at radius 2 is 1.96 bits per heavy atom. The molecule has 8 nitrogen and oxygen atoms in total. The SMILES string of the molecule is CC(=O)c1c[nH]c(C(=O)OCC(=O)NC(=O)N[C@H]2CCCC[C@H]2C)c1. The van der Waals surface area contributed by atoms with Crippen LogP contribution in [0.15, 0.2) is 12.3 Å². The summed E-state index contributed by atoms with van der Waals surface area (Å²) >= 11 is 0. The third kappa shape index (κ3) is 5.44. The number of nitrogens with one attached hydrogen (secondary N) is 3. The van der Waals surface area contributed by atoms with E-state index < -0.39 is 24.5 Å². The molecule has 0 bridgehead atoms. The van der Waals surface area contributed by atoms with E-state index in [1.807, 2.05) is 0 Å². The van der Waals surface area contributed by atoms with E-state index in [0.717, 1.165) is 25.7 Å². The van der Waals surface area contributed by atoms with E-state index in [1.54, 1.807) is 0 Å². The fourth-order valence-electron chi connectivity index (χ4n) is 2.82. The Bertz CT molecular complexity index is 667. The number of ketones is 1. The molecule has 1 fully saturated rings. The standard InChI is InChI=1S/C17H23N3O5/c1-10-5-3-4-6-13(10)19-17(24)20-15(22)9-25-16(23)14-7-12(8-18-14)11(2)21/h7-8,10,13,18H,3-6,9H2,1-2H3,(H2,19,20,22,24)/t10-,13+/m1/s1. The van der Waals surface area contributed by atoms with E-state index in [2.05, 4.69) is 22.5 Å². The van der Waals surface area contributed by atoms with Crippen molar-refractivity contribution in [3.05, 3.63) is 23.5 Å². The first kappa shape index (κ1) is 18.7. The lowest BCUT2D eigenvalue weighted by atomic mass is 9.86. The van der Waals surface area contributed by atoms with Crippen LogP contribution in [0.2, 0.25) is 0 Å². The van der Waals surface area contributed by atoms with Gasteiger partial charge in [0.25, 0.3) is 5.91 Å². The smallest absolute Gasteiger partial charge is 0.355 e. The second-order valence-corrected chi connectivity index (χ2v) is 6.32. The van der Waals surface area contributed by atoms with Crippen LogP contribution in [-0.4, -0.2) is 41.3 Å². The number of ether oxygens (including phenoxy) is 1. The summed E-state index contributed by atoms with van der Waals surface area (Å²) < 4.78 is 4.82. The molecular formula is C17H23N3O5. The Kier molecular flexibility index (Phi) is 6.32. The van der Waals surface area contributed by atoms with Crippen LogP contribution in [0.1, 0.15) is 60.4 Å². The number of imide groups is 1. The molecule has 3 N–H and O–H groups in total. The van der Waals surface area contributed by atoms with Crippen LogP contribution >= 0.6 is 0 Å². The van der Waals surface area contributed by atoms with Gasteiger partial charge in [-0.05, 0) is 31.7 Å². The monoisotopic (exact) mass is 349 g/mol. The Labute approximate surface area is 145 Å². The average molecular weight is 349 g/mol. The minimum atomic E-state index is -0.774. The highest BCUT2D eigenvalue weighted by molar-refractivity contribution is 5.99. The summed E-state index contributed by atoms with van der Waals surface area (Å²) in [5.74, 6) is -1.31. The molecule has 0 aliphatic heterocycles. The van der Waals surface area contributed by atoms with Gasteiger partial charge in [-0.15, -0.1) is 0 Å². The number of urea groups is 1. The largest absolute Gasteiger partial charge is 0.451 e. The maximum Gasteiger partial charge on any atom is 0.355 e. The molecule has 136 valence electrons. The van der Waals surface area contributed by atoms with Crippen molar-refractivity contribution in [1.29, 1.82) is 0 Å². The van der Waals surface area contributed by atoms with Crippen LogP contribution in [-0.2, 0) is 9.53 Å². The molecule has 2 rings (SSSR count). The fourth-order valence-corrected chi connectivity index (χ4v) is 2.82. The predicted octanol–water partition coefficient (Wildman–Crippen LogP) is 1.78.